The summed E-state index contributed by atoms with van der Waals surface area (Å²) in [4.78, 5) is 6.31. The number of fused-ring (bicyclic) bond motifs is 1. The molecule has 0 atom stereocenters. The van der Waals surface area contributed by atoms with Gasteiger partial charge in [-0.3, -0.25) is 0 Å². The summed E-state index contributed by atoms with van der Waals surface area (Å²) in [6, 6.07) is 11.1. The molecule has 0 amide bonds. The Morgan fingerprint density at radius 2 is 1.67 bits per heavy atom. The lowest BCUT2D eigenvalue weighted by atomic mass is 10.1. The molecule has 0 saturated heterocycles. The van der Waals surface area contributed by atoms with Crippen LogP contribution in [0.2, 0.25) is 0 Å². The zero-order chi connectivity index (χ0) is 19.6. The quantitative estimate of drug-likeness (QED) is 0.682. The fraction of sp³-hybridized carbons (Fsp3) is 0.211. The van der Waals surface area contributed by atoms with Crippen LogP contribution in [0, 0.1) is 0 Å². The summed E-state index contributed by atoms with van der Waals surface area (Å²) < 4.78 is 46.1. The number of hydrogen-bond donors (Lipinski definition) is 1. The summed E-state index contributed by atoms with van der Waals surface area (Å²) >= 11 is 0. The van der Waals surface area contributed by atoms with Crippen LogP contribution in [-0.4, -0.2) is 32.6 Å². The van der Waals surface area contributed by atoms with E-state index in [2.05, 4.69) is 15.0 Å². The second-order valence-electron chi connectivity index (χ2n) is 5.96. The highest BCUT2D eigenvalue weighted by molar-refractivity contribution is 6.03. The Labute approximate surface area is 154 Å². The minimum atomic E-state index is -4.71. The maximum Gasteiger partial charge on any atom is 0.573 e. The maximum atomic E-state index is 12.3. The number of alkyl halides is 3. The normalized spacial score (nSPS) is 11.3. The van der Waals surface area contributed by atoms with Crippen molar-refractivity contribution < 1.29 is 22.6 Å². The van der Waals surface area contributed by atoms with Crippen molar-refractivity contribution in [3.63, 3.8) is 0 Å². The number of nitrogens with one attached hydrogen (secondary N) is 1. The fourth-order valence-corrected chi connectivity index (χ4v) is 2.82. The molecule has 3 rings (SSSR count). The van der Waals surface area contributed by atoms with Crippen molar-refractivity contribution in [2.24, 2.45) is 0 Å². The lowest BCUT2D eigenvalue weighted by Gasteiger charge is -2.20. The molecule has 2 aromatic carbocycles. The minimum Gasteiger partial charge on any atom is -0.495 e. The fourth-order valence-electron chi connectivity index (χ4n) is 2.82. The number of nitrogens with zero attached hydrogens (tertiary/aromatic N) is 2. The number of benzene rings is 2. The van der Waals surface area contributed by atoms with Crippen molar-refractivity contribution in [1.29, 1.82) is 0 Å². The number of rotatable bonds is 5. The van der Waals surface area contributed by atoms with E-state index < -0.39 is 6.36 Å². The first-order valence-corrected chi connectivity index (χ1v) is 8.04. The zero-order valence-electron chi connectivity index (χ0n) is 15.0. The summed E-state index contributed by atoms with van der Waals surface area (Å²) in [5.74, 6) is 1.04. The van der Waals surface area contributed by atoms with Gasteiger partial charge in [-0.05, 0) is 42.5 Å². The number of ether oxygens (including phenoxy) is 2. The number of halogens is 3. The van der Waals surface area contributed by atoms with E-state index in [0.29, 0.717) is 11.5 Å². The predicted octanol–water partition coefficient (Wildman–Crippen LogP) is 4.95. The van der Waals surface area contributed by atoms with Crippen LogP contribution >= 0.6 is 0 Å². The van der Waals surface area contributed by atoms with Gasteiger partial charge in [0.2, 0.25) is 0 Å². The van der Waals surface area contributed by atoms with Gasteiger partial charge in [-0.15, -0.1) is 13.2 Å². The van der Waals surface area contributed by atoms with Crippen LogP contribution in [0.25, 0.3) is 10.8 Å². The third-order valence-corrected chi connectivity index (χ3v) is 3.90. The van der Waals surface area contributed by atoms with Crippen molar-refractivity contribution >= 4 is 28.0 Å². The number of hydrogen-bond acceptors (Lipinski definition) is 5. The van der Waals surface area contributed by atoms with Gasteiger partial charge >= 0.3 is 6.36 Å². The molecule has 1 N–H and O–H groups in total. The second-order valence-corrected chi connectivity index (χ2v) is 5.96. The van der Waals surface area contributed by atoms with E-state index in [1.807, 2.05) is 37.2 Å². The molecule has 0 bridgehead atoms. The topological polar surface area (TPSA) is 46.6 Å². The molecule has 0 radical (unpaired) electrons. The molecule has 3 aromatic rings. The monoisotopic (exact) mass is 377 g/mol. The molecule has 0 unspecified atom stereocenters. The molecular formula is C19H18F3N3O2. The molecule has 1 aromatic heterocycles. The van der Waals surface area contributed by atoms with Gasteiger partial charge < -0.3 is 19.7 Å². The lowest BCUT2D eigenvalue weighted by Crippen LogP contribution is -2.16. The first kappa shape index (κ1) is 18.6. The summed E-state index contributed by atoms with van der Waals surface area (Å²) in [5.41, 5.74) is 1.50. The number of pyridine rings is 1. The highest BCUT2D eigenvalue weighted by Crippen LogP contribution is 2.38. The third kappa shape index (κ3) is 4.16. The summed E-state index contributed by atoms with van der Waals surface area (Å²) in [6.07, 6.45) is -3.05. The second kappa shape index (κ2) is 7.22. The Morgan fingerprint density at radius 3 is 2.26 bits per heavy atom. The number of anilines is 3. The standard InChI is InChI=1S/C19H18F3N3O2/c1-25(2)17-14-10-11-23-18(15(14)8-9-16(17)26-3)24-12-4-6-13(7-5-12)27-19(20,21)22/h4-11H,1-3H3,(H,23,24). The van der Waals surface area contributed by atoms with Crippen molar-refractivity contribution in [3.05, 3.63) is 48.7 Å². The van der Waals surface area contributed by atoms with Crippen LogP contribution in [0.3, 0.4) is 0 Å². The van der Waals surface area contributed by atoms with E-state index in [-0.39, 0.29) is 5.75 Å². The van der Waals surface area contributed by atoms with E-state index in [9.17, 15) is 13.2 Å². The molecular weight excluding hydrogens is 359 g/mol. The Hall–Kier alpha value is -3.16. The smallest absolute Gasteiger partial charge is 0.495 e. The first-order valence-electron chi connectivity index (χ1n) is 8.04. The lowest BCUT2D eigenvalue weighted by molar-refractivity contribution is -0.274. The van der Waals surface area contributed by atoms with E-state index in [4.69, 9.17) is 4.74 Å². The predicted molar refractivity (Wildman–Crippen MR) is 99.0 cm³/mol. The van der Waals surface area contributed by atoms with Crippen LogP contribution in [0.1, 0.15) is 0 Å². The van der Waals surface area contributed by atoms with E-state index in [1.54, 1.807) is 13.3 Å². The van der Waals surface area contributed by atoms with E-state index in [0.717, 1.165) is 22.2 Å². The first-order chi connectivity index (χ1) is 12.8. The maximum absolute atomic E-state index is 12.3. The molecule has 0 aliphatic heterocycles. The Bertz CT molecular complexity index is 941. The average molecular weight is 377 g/mol. The van der Waals surface area contributed by atoms with Gasteiger partial charge in [0.15, 0.2) is 0 Å². The van der Waals surface area contributed by atoms with Gasteiger partial charge in [0, 0.05) is 36.8 Å². The molecule has 27 heavy (non-hydrogen) atoms. The summed E-state index contributed by atoms with van der Waals surface area (Å²) in [6.45, 7) is 0. The van der Waals surface area contributed by atoms with Crippen molar-refractivity contribution in [3.8, 4) is 11.5 Å². The van der Waals surface area contributed by atoms with Crippen LogP contribution in [0.15, 0.2) is 48.7 Å². The van der Waals surface area contributed by atoms with Crippen LogP contribution in [-0.2, 0) is 0 Å². The van der Waals surface area contributed by atoms with Crippen LogP contribution in [0.4, 0.5) is 30.4 Å². The molecule has 8 heteroatoms. The molecule has 1 heterocycles. The molecule has 5 nitrogen and oxygen atoms in total. The largest absolute Gasteiger partial charge is 0.573 e. The number of aromatic nitrogens is 1. The molecule has 0 aliphatic carbocycles. The van der Waals surface area contributed by atoms with Gasteiger partial charge in [0.05, 0.1) is 12.8 Å². The van der Waals surface area contributed by atoms with E-state index in [1.165, 1.54) is 24.3 Å². The summed E-state index contributed by atoms with van der Waals surface area (Å²) in [5, 5.41) is 4.93. The van der Waals surface area contributed by atoms with Gasteiger partial charge in [0.25, 0.3) is 0 Å². The molecule has 142 valence electrons. The molecule has 0 saturated carbocycles. The van der Waals surface area contributed by atoms with Crippen LogP contribution < -0.4 is 19.7 Å². The van der Waals surface area contributed by atoms with Gasteiger partial charge in [-0.2, -0.15) is 0 Å². The Balaban J connectivity index is 1.95. The van der Waals surface area contributed by atoms with Gasteiger partial charge in [-0.25, -0.2) is 4.98 Å². The Kier molecular flexibility index (Phi) is 4.98. The average Bonchev–Trinajstić information content (AvgIpc) is 2.61. The molecule has 0 spiro atoms. The highest BCUT2D eigenvalue weighted by Gasteiger charge is 2.30. The van der Waals surface area contributed by atoms with Crippen molar-refractivity contribution in [2.75, 3.05) is 31.4 Å². The highest BCUT2D eigenvalue weighted by atomic mass is 19.4. The van der Waals surface area contributed by atoms with Crippen LogP contribution in [0.5, 0.6) is 11.5 Å². The third-order valence-electron chi connectivity index (χ3n) is 3.90. The van der Waals surface area contributed by atoms with Crippen molar-refractivity contribution in [2.45, 2.75) is 6.36 Å². The molecule has 0 fully saturated rings. The SMILES string of the molecule is COc1ccc2c(Nc3ccc(OC(F)(F)F)cc3)nccc2c1N(C)C. The Morgan fingerprint density at radius 1 is 0.963 bits per heavy atom. The zero-order valence-corrected chi connectivity index (χ0v) is 15.0. The van der Waals surface area contributed by atoms with Crippen molar-refractivity contribution in [1.82, 2.24) is 4.98 Å². The number of methoxy groups -OCH3 is 1. The van der Waals surface area contributed by atoms with E-state index >= 15 is 0 Å². The van der Waals surface area contributed by atoms with Gasteiger partial charge in [0.1, 0.15) is 17.3 Å². The van der Waals surface area contributed by atoms with Gasteiger partial charge in [-0.1, -0.05) is 0 Å². The minimum absolute atomic E-state index is 0.279. The molecule has 0 aliphatic rings. The summed E-state index contributed by atoms with van der Waals surface area (Å²) in [7, 11) is 5.45.